The number of hydrogen-bond acceptors (Lipinski definition) is 6. The molecule has 0 amide bonds. The summed E-state index contributed by atoms with van der Waals surface area (Å²) in [6, 6.07) is 13.6. The van der Waals surface area contributed by atoms with E-state index < -0.39 is 5.97 Å². The van der Waals surface area contributed by atoms with Gasteiger partial charge in [-0.15, -0.1) is 0 Å². The minimum absolute atomic E-state index is 0.0789. The second kappa shape index (κ2) is 14.5. The molecular formula is C45H58O6. The third-order valence-electron chi connectivity index (χ3n) is 13.9. The van der Waals surface area contributed by atoms with Crippen LogP contribution in [-0.4, -0.2) is 23.8 Å². The Morgan fingerprint density at radius 3 is 2.57 bits per heavy atom. The highest BCUT2D eigenvalue weighted by Crippen LogP contribution is 2.65. The van der Waals surface area contributed by atoms with E-state index >= 15 is 0 Å². The smallest absolute Gasteiger partial charge is 0.344 e. The highest BCUT2D eigenvalue weighted by atomic mass is 16.6. The van der Waals surface area contributed by atoms with Gasteiger partial charge in [-0.2, -0.15) is 0 Å². The van der Waals surface area contributed by atoms with Gasteiger partial charge in [-0.1, -0.05) is 95.9 Å². The zero-order chi connectivity index (χ0) is 35.9. The van der Waals surface area contributed by atoms with Gasteiger partial charge in [0.25, 0.3) is 0 Å². The third kappa shape index (κ3) is 7.26. The highest BCUT2D eigenvalue weighted by Gasteiger charge is 2.56. The Kier molecular flexibility index (Phi) is 10.2. The number of esters is 1. The number of rotatable bonds is 10. The first-order chi connectivity index (χ1) is 24.4. The van der Waals surface area contributed by atoms with Crippen LogP contribution in [0, 0.1) is 46.3 Å². The van der Waals surface area contributed by atoms with Crippen molar-refractivity contribution in [1.29, 1.82) is 0 Å². The van der Waals surface area contributed by atoms with Gasteiger partial charge in [-0.05, 0) is 97.7 Å². The summed E-state index contributed by atoms with van der Waals surface area (Å²) in [6.45, 7) is 12.1. The van der Waals surface area contributed by atoms with Crippen molar-refractivity contribution >= 4 is 16.9 Å². The van der Waals surface area contributed by atoms with Crippen LogP contribution in [-0.2, 0) is 9.53 Å². The summed E-state index contributed by atoms with van der Waals surface area (Å²) in [7, 11) is 0. The first kappa shape index (κ1) is 35.8. The van der Waals surface area contributed by atoms with Crippen molar-refractivity contribution in [3.8, 4) is 22.8 Å². The van der Waals surface area contributed by atoms with Gasteiger partial charge >= 0.3 is 5.97 Å². The number of hydrogen-bond donors (Lipinski definition) is 1. The van der Waals surface area contributed by atoms with Crippen molar-refractivity contribution in [2.75, 3.05) is 6.61 Å². The lowest BCUT2D eigenvalue weighted by molar-refractivity contribution is -0.154. The van der Waals surface area contributed by atoms with Crippen LogP contribution in [0.25, 0.3) is 22.3 Å². The summed E-state index contributed by atoms with van der Waals surface area (Å²) < 4.78 is 17.8. The van der Waals surface area contributed by atoms with E-state index in [9.17, 15) is 14.7 Å². The number of phenols is 1. The van der Waals surface area contributed by atoms with Crippen molar-refractivity contribution in [2.24, 2.45) is 46.3 Å². The molecule has 1 heterocycles. The fraction of sp³-hybridized carbons (Fsp3) is 0.600. The molecule has 0 aliphatic heterocycles. The van der Waals surface area contributed by atoms with Crippen LogP contribution in [0.15, 0.2) is 69.4 Å². The topological polar surface area (TPSA) is 86.0 Å². The number of aromatic hydroxyl groups is 1. The molecule has 0 radical (unpaired) electrons. The summed E-state index contributed by atoms with van der Waals surface area (Å²) in [5.41, 5.74) is 2.76. The second-order valence-electron chi connectivity index (χ2n) is 17.6. The number of carbonyl (C=O) groups excluding carboxylic acids is 1. The van der Waals surface area contributed by atoms with Gasteiger partial charge in [0.05, 0.1) is 0 Å². The molecule has 3 aromatic rings. The van der Waals surface area contributed by atoms with E-state index in [1.165, 1.54) is 75.5 Å². The number of allylic oxidation sites excluding steroid dienone is 1. The van der Waals surface area contributed by atoms with Crippen LogP contribution < -0.4 is 10.2 Å². The Hall–Kier alpha value is -3.54. The molecule has 0 unspecified atom stereocenters. The predicted molar refractivity (Wildman–Crippen MR) is 203 cm³/mol. The van der Waals surface area contributed by atoms with Crippen molar-refractivity contribution < 1.29 is 23.8 Å². The largest absolute Gasteiger partial charge is 0.507 e. The average molecular weight is 695 g/mol. The molecule has 1 aromatic heterocycles. The zero-order valence-corrected chi connectivity index (χ0v) is 31.4. The summed E-state index contributed by atoms with van der Waals surface area (Å²) in [5, 5.41) is 10.7. The third-order valence-corrected chi connectivity index (χ3v) is 13.9. The summed E-state index contributed by atoms with van der Waals surface area (Å²) >= 11 is 0. The molecule has 7 rings (SSSR count). The van der Waals surface area contributed by atoms with Crippen molar-refractivity contribution in [3.63, 3.8) is 0 Å². The Morgan fingerprint density at radius 2 is 1.78 bits per heavy atom. The van der Waals surface area contributed by atoms with Gasteiger partial charge < -0.3 is 19.0 Å². The molecular weight excluding hydrogens is 636 g/mol. The summed E-state index contributed by atoms with van der Waals surface area (Å²) in [6.07, 6.45) is 17.3. The lowest BCUT2D eigenvalue weighted by atomic mass is 9.44. The molecule has 0 saturated heterocycles. The molecule has 8 atom stereocenters. The van der Waals surface area contributed by atoms with E-state index in [0.29, 0.717) is 11.2 Å². The van der Waals surface area contributed by atoms with E-state index in [4.69, 9.17) is 13.9 Å². The molecule has 0 spiro atoms. The Labute approximate surface area is 304 Å². The van der Waals surface area contributed by atoms with Crippen LogP contribution in [0.1, 0.15) is 112 Å². The first-order valence-corrected chi connectivity index (χ1v) is 19.8. The average Bonchev–Trinajstić information content (AvgIpc) is 3.10. The Bertz CT molecular complexity index is 1810. The zero-order valence-electron chi connectivity index (χ0n) is 31.4. The molecule has 6 heteroatoms. The number of ether oxygens (including phenoxy) is 2. The maximum atomic E-state index is 13.0. The molecule has 3 fully saturated rings. The predicted octanol–water partition coefficient (Wildman–Crippen LogP) is 10.9. The van der Waals surface area contributed by atoms with Crippen LogP contribution in [0.2, 0.25) is 0 Å². The normalized spacial score (nSPS) is 30.9. The van der Waals surface area contributed by atoms with Crippen molar-refractivity contribution in [2.45, 2.75) is 118 Å². The Balaban J connectivity index is 0.956. The molecule has 3 saturated carbocycles. The fourth-order valence-corrected chi connectivity index (χ4v) is 11.0. The van der Waals surface area contributed by atoms with Gasteiger partial charge in [-0.25, -0.2) is 4.79 Å². The standard InChI is InChI=1S/C45H58O6/c1-28(2)10-9-11-29(3)31-14-17-36-35-16-15-32-22-33(18-21-45(32,5)37(35)19-20-44(36,4)26-31)50-42(48)27-49-34-23-38(46)43-39(47)25-40(51-41(43)24-34)30-12-7-6-8-13-30/h6-8,12-13,15,23-25,28-29,31,33,35-37,46H,9-11,14,16-22,26-27H2,1-5H3/t29-,31+,33+,35-,36+,37+,44+,45-/m0/s1. The van der Waals surface area contributed by atoms with Crippen molar-refractivity contribution in [3.05, 3.63) is 70.4 Å². The van der Waals surface area contributed by atoms with E-state index in [0.717, 1.165) is 60.3 Å². The SMILES string of the molecule is CC(C)CCC[C@H](C)[C@@H]1CC[C@@H]2[C@@H]3CC=C4C[C@H](OC(=O)COc5cc(O)c6c(=O)cc(-c7ccccc7)oc6c5)CC[C@]4(C)[C@@H]3CC[C@]2(C)C1. The molecule has 1 N–H and O–H groups in total. The van der Waals surface area contributed by atoms with Gasteiger partial charge in [0.2, 0.25) is 0 Å². The number of benzene rings is 2. The quantitative estimate of drug-likeness (QED) is 0.168. The van der Waals surface area contributed by atoms with Gasteiger partial charge in [0, 0.05) is 30.2 Å². The van der Waals surface area contributed by atoms with Crippen LogP contribution in [0.3, 0.4) is 0 Å². The van der Waals surface area contributed by atoms with E-state index in [2.05, 4.69) is 40.7 Å². The van der Waals surface area contributed by atoms with Crippen LogP contribution in [0.5, 0.6) is 11.5 Å². The van der Waals surface area contributed by atoms with Crippen LogP contribution >= 0.6 is 0 Å². The van der Waals surface area contributed by atoms with E-state index in [-0.39, 0.29) is 46.0 Å². The van der Waals surface area contributed by atoms with Crippen molar-refractivity contribution in [1.82, 2.24) is 0 Å². The molecule has 0 bridgehead atoms. The van der Waals surface area contributed by atoms with Crippen LogP contribution in [0.4, 0.5) is 0 Å². The van der Waals surface area contributed by atoms with Gasteiger partial charge in [-0.3, -0.25) is 4.79 Å². The molecule has 4 aliphatic rings. The molecule has 274 valence electrons. The number of carbonyl (C=O) groups is 1. The van der Waals surface area contributed by atoms with Gasteiger partial charge in [0.1, 0.15) is 34.3 Å². The van der Waals surface area contributed by atoms with Gasteiger partial charge in [0.15, 0.2) is 12.0 Å². The maximum Gasteiger partial charge on any atom is 0.344 e. The van der Waals surface area contributed by atoms with E-state index in [1.54, 1.807) is 6.07 Å². The molecule has 51 heavy (non-hydrogen) atoms. The molecule has 2 aromatic carbocycles. The highest BCUT2D eigenvalue weighted by molar-refractivity contribution is 5.86. The monoisotopic (exact) mass is 694 g/mol. The number of phenolic OH excluding ortho intramolecular Hbond substituents is 1. The maximum absolute atomic E-state index is 13.0. The second-order valence-corrected chi connectivity index (χ2v) is 17.6. The Morgan fingerprint density at radius 1 is 0.980 bits per heavy atom. The summed E-state index contributed by atoms with van der Waals surface area (Å²) in [4.78, 5) is 25.9. The molecule has 6 nitrogen and oxygen atoms in total. The minimum Gasteiger partial charge on any atom is -0.507 e. The molecule has 4 aliphatic carbocycles. The summed E-state index contributed by atoms with van der Waals surface area (Å²) in [5.74, 6) is 4.80. The minimum atomic E-state index is -0.430. The number of fused-ring (bicyclic) bond motifs is 6. The lowest BCUT2D eigenvalue weighted by Gasteiger charge is -2.61. The fourth-order valence-electron chi connectivity index (χ4n) is 11.0. The first-order valence-electron chi connectivity index (χ1n) is 19.8. The van der Waals surface area contributed by atoms with E-state index in [1.807, 2.05) is 30.3 Å². The lowest BCUT2D eigenvalue weighted by Crippen LogP contribution is -2.52.